The molecule has 0 radical (unpaired) electrons. The van der Waals surface area contributed by atoms with Crippen LogP contribution in [-0.2, 0) is 19.6 Å². The van der Waals surface area contributed by atoms with Crippen LogP contribution in [0.4, 0.5) is 10.1 Å². The third-order valence-corrected chi connectivity index (χ3v) is 5.03. The second-order valence-corrected chi connectivity index (χ2v) is 6.82. The van der Waals surface area contributed by atoms with Gasteiger partial charge >= 0.3 is 5.97 Å². The Morgan fingerprint density at radius 3 is 3.04 bits per heavy atom. The molecule has 0 amide bonds. The number of esters is 1. The minimum Gasteiger partial charge on any atom is -0.463 e. The fourth-order valence-electron chi connectivity index (χ4n) is 2.02. The molecular formula is C15H17ClFNO4S. The summed E-state index contributed by atoms with van der Waals surface area (Å²) in [6.45, 7) is 1.46. The summed E-state index contributed by atoms with van der Waals surface area (Å²) in [6.07, 6.45) is -1.48. The number of sulfonamides is 1. The van der Waals surface area contributed by atoms with Gasteiger partial charge in [0.25, 0.3) is 0 Å². The summed E-state index contributed by atoms with van der Waals surface area (Å²) in [4.78, 5) is 12.2. The summed E-state index contributed by atoms with van der Waals surface area (Å²) < 4.78 is 84.5. The van der Waals surface area contributed by atoms with Gasteiger partial charge in [-0.15, -0.1) is 0 Å². The zero-order chi connectivity index (χ0) is 21.4. The molecule has 0 saturated carbocycles. The number of hydrogen-bond donors (Lipinski definition) is 1. The van der Waals surface area contributed by atoms with E-state index in [0.717, 1.165) is 6.08 Å². The Morgan fingerprint density at radius 1 is 1.61 bits per heavy atom. The number of halogens is 2. The Labute approximate surface area is 146 Å². The maximum Gasteiger partial charge on any atom is 0.335 e. The van der Waals surface area contributed by atoms with E-state index in [1.807, 2.05) is 4.72 Å². The van der Waals surface area contributed by atoms with Crippen molar-refractivity contribution < 1.29 is 29.2 Å². The summed E-state index contributed by atoms with van der Waals surface area (Å²) in [5.74, 6) is -2.36. The smallest absolute Gasteiger partial charge is 0.335 e. The van der Waals surface area contributed by atoms with Crippen molar-refractivity contribution in [3.05, 3.63) is 40.6 Å². The summed E-state index contributed by atoms with van der Waals surface area (Å²) in [6, 6.07) is -2.82. The SMILES string of the molecule is [2H]c1c([2H])c(NS(=O)(=O)[C@@H]2CCC([2H])([2H])C=C2C(=O)OCC)c(Cl)c([2H])c1F. The fourth-order valence-corrected chi connectivity index (χ4v) is 3.76. The van der Waals surface area contributed by atoms with Gasteiger partial charge in [-0.3, -0.25) is 4.72 Å². The van der Waals surface area contributed by atoms with Gasteiger partial charge in [0, 0.05) is 2.74 Å². The highest BCUT2D eigenvalue weighted by Crippen LogP contribution is 2.30. The number of allylic oxidation sites excluding steroid dienone is 1. The quantitative estimate of drug-likeness (QED) is 0.812. The highest BCUT2D eigenvalue weighted by Gasteiger charge is 2.35. The molecule has 1 aliphatic rings. The zero-order valence-electron chi connectivity index (χ0n) is 17.1. The lowest BCUT2D eigenvalue weighted by Crippen LogP contribution is -2.34. The van der Waals surface area contributed by atoms with Crippen molar-refractivity contribution >= 4 is 33.3 Å². The Hall–Kier alpha value is -1.60. The third kappa shape index (κ3) is 4.23. The first-order chi connectivity index (χ1) is 12.8. The van der Waals surface area contributed by atoms with E-state index >= 15 is 0 Å². The molecule has 1 atom stereocenters. The van der Waals surface area contributed by atoms with E-state index in [1.165, 1.54) is 6.92 Å². The number of rotatable bonds is 5. The summed E-state index contributed by atoms with van der Waals surface area (Å²) in [5, 5.41) is -2.21. The average Bonchev–Trinajstić information content (AvgIpc) is 2.61. The van der Waals surface area contributed by atoms with Gasteiger partial charge in [-0.25, -0.2) is 17.6 Å². The highest BCUT2D eigenvalue weighted by atomic mass is 35.5. The maximum atomic E-state index is 13.7. The van der Waals surface area contributed by atoms with Crippen LogP contribution in [-0.4, -0.2) is 26.2 Å². The second-order valence-electron chi connectivity index (χ2n) is 4.58. The molecule has 0 saturated heterocycles. The lowest BCUT2D eigenvalue weighted by molar-refractivity contribution is -0.138. The van der Waals surface area contributed by atoms with Gasteiger partial charge in [0.2, 0.25) is 10.0 Å². The Balaban J connectivity index is 2.51. The number of ether oxygens (including phenoxy) is 1. The Kier molecular flexibility index (Phi) is 3.77. The van der Waals surface area contributed by atoms with Crippen molar-refractivity contribution in [3.63, 3.8) is 0 Å². The number of carbonyl (C=O) groups is 1. The van der Waals surface area contributed by atoms with Crippen LogP contribution >= 0.6 is 11.6 Å². The molecule has 8 heteroatoms. The van der Waals surface area contributed by atoms with Crippen molar-refractivity contribution in [2.45, 2.75) is 31.4 Å². The van der Waals surface area contributed by atoms with Gasteiger partial charge in [0.05, 0.1) is 27.0 Å². The van der Waals surface area contributed by atoms with Gasteiger partial charge in [-0.05, 0) is 44.3 Å². The average molecular weight is 367 g/mol. The topological polar surface area (TPSA) is 72.5 Å². The molecule has 23 heavy (non-hydrogen) atoms. The number of hydrogen-bond acceptors (Lipinski definition) is 4. The molecule has 1 aliphatic carbocycles. The first kappa shape index (κ1) is 11.9. The fraction of sp³-hybridized carbons (Fsp3) is 0.400. The standard InChI is InChI=1S/C15H17ClFNO4S/c1-2-22-15(19)11-5-3-4-6-14(11)23(20,21)18-13-8-7-10(17)9-12(13)16/h5,7-9,14,18H,2-4,6H2,1H3/t14-/m1/s1/i3D2,7D,8D,9D. The van der Waals surface area contributed by atoms with Crippen molar-refractivity contribution in [1.82, 2.24) is 0 Å². The van der Waals surface area contributed by atoms with Crippen LogP contribution in [0.3, 0.4) is 0 Å². The van der Waals surface area contributed by atoms with Gasteiger partial charge in [0.1, 0.15) is 11.1 Å². The summed E-state index contributed by atoms with van der Waals surface area (Å²) in [5.41, 5.74) is -1.07. The lowest BCUT2D eigenvalue weighted by atomic mass is 9.99. The van der Waals surface area contributed by atoms with Gasteiger partial charge in [-0.2, -0.15) is 0 Å². The maximum absolute atomic E-state index is 13.7. The number of nitrogens with one attached hydrogen (secondary N) is 1. The molecule has 0 heterocycles. The minimum absolute atomic E-state index is 0.0512. The Bertz CT molecular complexity index is 925. The number of benzene rings is 1. The van der Waals surface area contributed by atoms with Crippen molar-refractivity contribution in [2.75, 3.05) is 11.3 Å². The van der Waals surface area contributed by atoms with E-state index in [0.29, 0.717) is 0 Å². The van der Waals surface area contributed by atoms with E-state index in [2.05, 4.69) is 0 Å². The molecule has 126 valence electrons. The van der Waals surface area contributed by atoms with E-state index in [1.54, 1.807) is 0 Å². The molecule has 0 spiro atoms. The lowest BCUT2D eigenvalue weighted by Gasteiger charge is -2.24. The molecule has 0 aromatic heterocycles. The summed E-state index contributed by atoms with van der Waals surface area (Å²) in [7, 11) is -4.47. The van der Waals surface area contributed by atoms with Crippen LogP contribution in [0.2, 0.25) is 5.02 Å². The van der Waals surface area contributed by atoms with Gasteiger partial charge in [0.15, 0.2) is 0 Å². The molecule has 5 nitrogen and oxygen atoms in total. The number of anilines is 1. The Morgan fingerprint density at radius 2 is 2.35 bits per heavy atom. The van der Waals surface area contributed by atoms with Crippen LogP contribution < -0.4 is 4.72 Å². The molecule has 1 aromatic rings. The van der Waals surface area contributed by atoms with E-state index < -0.39 is 67.8 Å². The van der Waals surface area contributed by atoms with E-state index in [9.17, 15) is 17.6 Å². The largest absolute Gasteiger partial charge is 0.463 e. The molecule has 0 bridgehead atoms. The molecule has 0 unspecified atom stereocenters. The minimum atomic E-state index is -4.47. The normalized spacial score (nSPS) is 23.5. The third-order valence-electron chi connectivity index (χ3n) is 3.02. The number of carbonyl (C=O) groups excluding carboxylic acids is 1. The zero-order valence-corrected chi connectivity index (χ0v) is 13.6. The van der Waals surface area contributed by atoms with Gasteiger partial charge < -0.3 is 4.74 Å². The van der Waals surface area contributed by atoms with E-state index in [4.69, 9.17) is 23.2 Å². The van der Waals surface area contributed by atoms with Crippen LogP contribution in [0.15, 0.2) is 29.8 Å². The molecule has 1 N–H and O–H groups in total. The monoisotopic (exact) mass is 366 g/mol. The molecule has 2 rings (SSSR count). The van der Waals surface area contributed by atoms with Crippen molar-refractivity contribution in [2.24, 2.45) is 0 Å². The molecule has 0 fully saturated rings. The predicted octanol–water partition coefficient (Wildman–Crippen LogP) is 3.26. The van der Waals surface area contributed by atoms with E-state index in [-0.39, 0.29) is 19.4 Å². The van der Waals surface area contributed by atoms with Crippen LogP contribution in [0.1, 0.15) is 33.0 Å². The van der Waals surface area contributed by atoms with Crippen molar-refractivity contribution in [1.29, 1.82) is 0 Å². The van der Waals surface area contributed by atoms with Crippen LogP contribution in [0.5, 0.6) is 0 Å². The second kappa shape index (κ2) is 7.31. The van der Waals surface area contributed by atoms with Crippen LogP contribution in [0, 0.1) is 5.82 Å². The molecular weight excluding hydrogens is 345 g/mol. The van der Waals surface area contributed by atoms with Gasteiger partial charge in [-0.1, -0.05) is 17.7 Å². The first-order valence-electron chi connectivity index (χ1n) is 9.18. The van der Waals surface area contributed by atoms with Crippen molar-refractivity contribution in [3.8, 4) is 0 Å². The summed E-state index contributed by atoms with van der Waals surface area (Å²) >= 11 is 5.79. The highest BCUT2D eigenvalue weighted by molar-refractivity contribution is 7.93. The molecule has 1 aromatic carbocycles. The first-order valence-corrected chi connectivity index (χ1v) is 8.61. The molecule has 0 aliphatic heterocycles. The van der Waals surface area contributed by atoms with Crippen LogP contribution in [0.25, 0.3) is 0 Å². The predicted molar refractivity (Wildman–Crippen MR) is 86.3 cm³/mol.